The molecule has 1 unspecified atom stereocenters. The summed E-state index contributed by atoms with van der Waals surface area (Å²) in [5.41, 5.74) is 0.834. The molecule has 2 amide bonds. The van der Waals surface area contributed by atoms with Crippen LogP contribution in [-0.4, -0.2) is 53.7 Å². The molecule has 8 heteroatoms. The first-order chi connectivity index (χ1) is 12.9. The Bertz CT molecular complexity index is 813. The van der Waals surface area contributed by atoms with Crippen molar-refractivity contribution in [3.05, 3.63) is 11.8 Å². The van der Waals surface area contributed by atoms with Crippen LogP contribution >= 0.6 is 0 Å². The summed E-state index contributed by atoms with van der Waals surface area (Å²) in [6, 6.07) is 2.21. The second kappa shape index (κ2) is 7.11. The average Bonchev–Trinajstić information content (AvgIpc) is 3.14. The third-order valence-corrected chi connectivity index (χ3v) is 8.37. The van der Waals surface area contributed by atoms with Gasteiger partial charge in [-0.05, 0) is 39.0 Å². The maximum absolute atomic E-state index is 12.8. The van der Waals surface area contributed by atoms with Gasteiger partial charge in [0.1, 0.15) is 0 Å². The molecule has 1 saturated carbocycles. The Kier molecular flexibility index (Phi) is 4.94. The third-order valence-electron chi connectivity index (χ3n) is 6.50. The number of amides is 2. The lowest BCUT2D eigenvalue weighted by atomic mass is 9.80. The van der Waals surface area contributed by atoms with E-state index in [2.05, 4.69) is 15.1 Å². The Morgan fingerprint density at radius 2 is 2.00 bits per heavy atom. The van der Waals surface area contributed by atoms with Gasteiger partial charge in [-0.1, -0.05) is 19.3 Å². The summed E-state index contributed by atoms with van der Waals surface area (Å²) in [5.74, 6) is 1.08. The molecule has 1 atom stereocenters. The molecule has 1 spiro atoms. The van der Waals surface area contributed by atoms with Crippen LogP contribution in [0.15, 0.2) is 6.07 Å². The molecular formula is C19H30N4O3S. The summed E-state index contributed by atoms with van der Waals surface area (Å²) < 4.78 is 25.9. The van der Waals surface area contributed by atoms with Crippen LogP contribution in [0.1, 0.15) is 63.1 Å². The van der Waals surface area contributed by atoms with E-state index >= 15 is 0 Å². The van der Waals surface area contributed by atoms with E-state index in [9.17, 15) is 13.2 Å². The van der Waals surface area contributed by atoms with E-state index in [-0.39, 0.29) is 23.0 Å². The summed E-state index contributed by atoms with van der Waals surface area (Å²) in [6.07, 6.45) is 8.51. The number of anilines is 1. The summed E-state index contributed by atoms with van der Waals surface area (Å²) >= 11 is 0. The first-order valence-corrected chi connectivity index (χ1v) is 12.0. The Morgan fingerprint density at radius 1 is 1.22 bits per heavy atom. The van der Waals surface area contributed by atoms with Gasteiger partial charge >= 0.3 is 6.03 Å². The molecule has 150 valence electrons. The number of rotatable bonds is 2. The molecule has 0 aromatic carbocycles. The van der Waals surface area contributed by atoms with Crippen molar-refractivity contribution in [3.8, 4) is 0 Å². The predicted octanol–water partition coefficient (Wildman–Crippen LogP) is 3.13. The van der Waals surface area contributed by atoms with Crippen molar-refractivity contribution in [2.75, 3.05) is 29.9 Å². The molecule has 7 nitrogen and oxygen atoms in total. The number of aromatic nitrogens is 2. The summed E-state index contributed by atoms with van der Waals surface area (Å²) in [7, 11) is -2.95. The summed E-state index contributed by atoms with van der Waals surface area (Å²) in [4.78, 5) is 14.6. The standard InChI is InChI=1S/C19H30N4O3S/c1-15-12-17(21-23(15)16-6-3-2-4-7-16)20-18(24)22-10-5-8-19(13-22)9-11-27(25,26)14-19/h12,16H,2-11,13-14H2,1H3,(H,20,21,24). The number of piperidine rings is 1. The number of hydrogen-bond donors (Lipinski definition) is 1. The maximum atomic E-state index is 12.8. The van der Waals surface area contributed by atoms with Crippen molar-refractivity contribution in [1.82, 2.24) is 14.7 Å². The van der Waals surface area contributed by atoms with Gasteiger partial charge < -0.3 is 4.90 Å². The highest BCUT2D eigenvalue weighted by atomic mass is 32.2. The number of nitrogens with one attached hydrogen (secondary N) is 1. The fourth-order valence-electron chi connectivity index (χ4n) is 5.12. The smallest absolute Gasteiger partial charge is 0.323 e. The summed E-state index contributed by atoms with van der Waals surface area (Å²) in [6.45, 7) is 3.24. The molecule has 3 aliphatic rings. The molecule has 4 rings (SSSR count). The average molecular weight is 395 g/mol. The Hall–Kier alpha value is -1.57. The van der Waals surface area contributed by atoms with E-state index in [1.54, 1.807) is 4.90 Å². The van der Waals surface area contributed by atoms with Crippen LogP contribution < -0.4 is 5.32 Å². The van der Waals surface area contributed by atoms with Crippen LogP contribution in [0.5, 0.6) is 0 Å². The van der Waals surface area contributed by atoms with Crippen LogP contribution in [0.4, 0.5) is 10.6 Å². The van der Waals surface area contributed by atoms with Crippen LogP contribution in [0.3, 0.4) is 0 Å². The summed E-state index contributed by atoms with van der Waals surface area (Å²) in [5, 5.41) is 7.59. The van der Waals surface area contributed by atoms with Gasteiger partial charge in [0.2, 0.25) is 0 Å². The molecule has 1 N–H and O–H groups in total. The van der Waals surface area contributed by atoms with Crippen LogP contribution in [0.2, 0.25) is 0 Å². The molecule has 1 aromatic rings. The number of sulfone groups is 1. The van der Waals surface area contributed by atoms with E-state index in [1.165, 1.54) is 19.3 Å². The van der Waals surface area contributed by atoms with E-state index in [0.717, 1.165) is 31.4 Å². The fraction of sp³-hybridized carbons (Fsp3) is 0.789. The van der Waals surface area contributed by atoms with E-state index < -0.39 is 9.84 Å². The zero-order chi connectivity index (χ0) is 19.1. The lowest BCUT2D eigenvalue weighted by molar-refractivity contribution is 0.129. The zero-order valence-electron chi connectivity index (χ0n) is 16.1. The van der Waals surface area contributed by atoms with Gasteiger partial charge in [-0.2, -0.15) is 5.10 Å². The number of hydrogen-bond acceptors (Lipinski definition) is 4. The molecule has 3 heterocycles. The zero-order valence-corrected chi connectivity index (χ0v) is 16.9. The van der Waals surface area contributed by atoms with Crippen molar-refractivity contribution >= 4 is 21.7 Å². The van der Waals surface area contributed by atoms with Gasteiger partial charge in [0, 0.05) is 30.3 Å². The normalized spacial score (nSPS) is 28.6. The lowest BCUT2D eigenvalue weighted by Crippen LogP contribution is -2.48. The second-order valence-electron chi connectivity index (χ2n) is 8.70. The number of carbonyl (C=O) groups is 1. The highest BCUT2D eigenvalue weighted by Crippen LogP contribution is 2.40. The molecule has 27 heavy (non-hydrogen) atoms. The fourth-order valence-corrected chi connectivity index (χ4v) is 7.32. The van der Waals surface area contributed by atoms with Crippen molar-refractivity contribution in [2.24, 2.45) is 5.41 Å². The van der Waals surface area contributed by atoms with Crippen molar-refractivity contribution in [3.63, 3.8) is 0 Å². The van der Waals surface area contributed by atoms with Crippen molar-refractivity contribution in [2.45, 2.75) is 64.3 Å². The number of aryl methyl sites for hydroxylation is 1. The lowest BCUT2D eigenvalue weighted by Gasteiger charge is -2.39. The van der Waals surface area contributed by atoms with Gasteiger partial charge in [-0.3, -0.25) is 10.00 Å². The number of nitrogens with zero attached hydrogens (tertiary/aromatic N) is 3. The Morgan fingerprint density at radius 3 is 2.70 bits per heavy atom. The molecule has 0 radical (unpaired) electrons. The number of likely N-dealkylation sites (tertiary alicyclic amines) is 1. The van der Waals surface area contributed by atoms with Crippen molar-refractivity contribution < 1.29 is 13.2 Å². The van der Waals surface area contributed by atoms with Gasteiger partial charge in [-0.25, -0.2) is 13.2 Å². The monoisotopic (exact) mass is 394 g/mol. The minimum Gasteiger partial charge on any atom is -0.324 e. The number of urea groups is 1. The number of carbonyl (C=O) groups excluding carboxylic acids is 1. The Balaban J connectivity index is 1.42. The van der Waals surface area contributed by atoms with E-state index in [4.69, 9.17) is 0 Å². The predicted molar refractivity (Wildman–Crippen MR) is 105 cm³/mol. The maximum Gasteiger partial charge on any atom is 0.323 e. The van der Waals surface area contributed by atoms with Gasteiger partial charge in [0.15, 0.2) is 15.7 Å². The van der Waals surface area contributed by atoms with Gasteiger partial charge in [-0.15, -0.1) is 0 Å². The van der Waals surface area contributed by atoms with E-state index in [0.29, 0.717) is 31.4 Å². The molecule has 1 aromatic heterocycles. The molecule has 0 bridgehead atoms. The highest BCUT2D eigenvalue weighted by Gasteiger charge is 2.45. The van der Waals surface area contributed by atoms with Crippen LogP contribution in [0.25, 0.3) is 0 Å². The first kappa shape index (κ1) is 18.8. The largest absolute Gasteiger partial charge is 0.324 e. The molecular weight excluding hydrogens is 364 g/mol. The van der Waals surface area contributed by atoms with Crippen LogP contribution in [-0.2, 0) is 9.84 Å². The molecule has 3 fully saturated rings. The third kappa shape index (κ3) is 4.00. The Labute approximate surface area is 161 Å². The first-order valence-electron chi connectivity index (χ1n) is 10.2. The highest BCUT2D eigenvalue weighted by molar-refractivity contribution is 7.91. The quantitative estimate of drug-likeness (QED) is 0.835. The molecule has 1 aliphatic carbocycles. The van der Waals surface area contributed by atoms with Gasteiger partial charge in [0.25, 0.3) is 0 Å². The van der Waals surface area contributed by atoms with E-state index in [1.807, 2.05) is 13.0 Å². The molecule has 2 saturated heterocycles. The van der Waals surface area contributed by atoms with Gasteiger partial charge in [0.05, 0.1) is 17.5 Å². The SMILES string of the molecule is Cc1cc(NC(=O)N2CCCC3(CCS(=O)(=O)C3)C2)nn1C1CCCCC1. The minimum atomic E-state index is -2.95. The minimum absolute atomic E-state index is 0.160. The second-order valence-corrected chi connectivity index (χ2v) is 10.9. The topological polar surface area (TPSA) is 84.3 Å². The van der Waals surface area contributed by atoms with Crippen LogP contribution in [0, 0.1) is 12.3 Å². The van der Waals surface area contributed by atoms with Crippen molar-refractivity contribution in [1.29, 1.82) is 0 Å². The molecule has 2 aliphatic heterocycles.